The summed E-state index contributed by atoms with van der Waals surface area (Å²) in [5.74, 6) is -2.65. The molecule has 7 nitrogen and oxygen atoms in total. The number of carbonyl (C=O) groups is 3. The van der Waals surface area contributed by atoms with Crippen molar-refractivity contribution in [1.29, 1.82) is 0 Å². The Balaban J connectivity index is 2.48. The van der Waals surface area contributed by atoms with Gasteiger partial charge in [0.1, 0.15) is 16.3 Å². The van der Waals surface area contributed by atoms with E-state index in [1.807, 2.05) is 0 Å². The van der Waals surface area contributed by atoms with E-state index in [-0.39, 0.29) is 23.1 Å². The Labute approximate surface area is 134 Å². The molecule has 22 heavy (non-hydrogen) atoms. The van der Waals surface area contributed by atoms with E-state index >= 15 is 0 Å². The number of hydrogen-bond donors (Lipinski definition) is 1. The summed E-state index contributed by atoms with van der Waals surface area (Å²) < 4.78 is 10.5. The number of ether oxygens (including phenoxy) is 2. The highest BCUT2D eigenvalue weighted by molar-refractivity contribution is 9.10. The minimum Gasteiger partial charge on any atom is -0.477 e. The van der Waals surface area contributed by atoms with E-state index in [1.165, 1.54) is 6.92 Å². The van der Waals surface area contributed by atoms with Crippen LogP contribution in [0.2, 0.25) is 0 Å². The SMILES string of the molecule is CC(=O)OCC(=O)c1c(C)c(Br)nc(OC2CC2)c1C(=O)O. The predicted molar refractivity (Wildman–Crippen MR) is 78.2 cm³/mol. The molecule has 0 saturated heterocycles. The van der Waals surface area contributed by atoms with Crippen molar-refractivity contribution in [2.75, 3.05) is 6.61 Å². The average molecular weight is 372 g/mol. The molecule has 0 aromatic carbocycles. The van der Waals surface area contributed by atoms with Crippen LogP contribution in [0.3, 0.4) is 0 Å². The average Bonchev–Trinajstić information content (AvgIpc) is 3.23. The standard InChI is InChI=1S/C14H14BrNO6/c1-6-10(9(18)5-21-7(2)17)11(14(19)20)13(16-12(6)15)22-8-3-4-8/h8H,3-5H2,1-2H3,(H,19,20). The van der Waals surface area contributed by atoms with Crippen molar-refractivity contribution in [3.8, 4) is 5.88 Å². The number of hydrogen-bond acceptors (Lipinski definition) is 6. The maximum absolute atomic E-state index is 12.3. The number of carbonyl (C=O) groups excluding carboxylic acids is 2. The third kappa shape index (κ3) is 3.62. The van der Waals surface area contributed by atoms with Gasteiger partial charge in [0.15, 0.2) is 6.61 Å². The largest absolute Gasteiger partial charge is 0.477 e. The van der Waals surface area contributed by atoms with Crippen molar-refractivity contribution >= 4 is 33.7 Å². The number of carboxylic acids is 1. The zero-order valence-corrected chi connectivity index (χ0v) is 13.6. The van der Waals surface area contributed by atoms with Gasteiger partial charge in [-0.15, -0.1) is 0 Å². The van der Waals surface area contributed by atoms with Gasteiger partial charge in [-0.25, -0.2) is 9.78 Å². The molecule has 0 atom stereocenters. The first kappa shape index (κ1) is 16.4. The molecule has 0 spiro atoms. The molecule has 0 unspecified atom stereocenters. The van der Waals surface area contributed by atoms with Gasteiger partial charge in [0, 0.05) is 12.5 Å². The Morgan fingerprint density at radius 1 is 1.32 bits per heavy atom. The van der Waals surface area contributed by atoms with Gasteiger partial charge in [0.05, 0.1) is 0 Å². The van der Waals surface area contributed by atoms with Gasteiger partial charge in [-0.2, -0.15) is 0 Å². The third-order valence-electron chi connectivity index (χ3n) is 3.05. The molecule has 1 heterocycles. The summed E-state index contributed by atoms with van der Waals surface area (Å²) in [6, 6.07) is 0. The molecule has 0 bridgehead atoms. The number of Topliss-reactive ketones (excluding diaryl/α,β-unsaturated/α-hetero) is 1. The normalized spacial score (nSPS) is 13.6. The lowest BCUT2D eigenvalue weighted by atomic mass is 10.0. The minimum atomic E-state index is -1.31. The first-order valence-electron chi connectivity index (χ1n) is 6.57. The molecule has 1 fully saturated rings. The van der Waals surface area contributed by atoms with Crippen LogP contribution >= 0.6 is 15.9 Å². The van der Waals surface area contributed by atoms with E-state index in [1.54, 1.807) is 6.92 Å². The molecule has 1 aromatic rings. The molecular weight excluding hydrogens is 358 g/mol. The highest BCUT2D eigenvalue weighted by atomic mass is 79.9. The minimum absolute atomic E-state index is 0.0636. The van der Waals surface area contributed by atoms with Crippen LogP contribution in [0, 0.1) is 6.92 Å². The van der Waals surface area contributed by atoms with Crippen LogP contribution in [-0.2, 0) is 9.53 Å². The second-order valence-corrected chi connectivity index (χ2v) is 5.66. The molecule has 118 valence electrons. The number of carboxylic acid groups (broad SMARTS) is 1. The molecule has 1 aliphatic rings. The second kappa shape index (κ2) is 6.43. The zero-order chi connectivity index (χ0) is 16.4. The van der Waals surface area contributed by atoms with Crippen LogP contribution in [-0.4, -0.2) is 40.5 Å². The van der Waals surface area contributed by atoms with Gasteiger partial charge in [0.2, 0.25) is 11.7 Å². The van der Waals surface area contributed by atoms with Crippen molar-refractivity contribution < 1.29 is 29.0 Å². The van der Waals surface area contributed by atoms with Gasteiger partial charge >= 0.3 is 11.9 Å². The number of aromatic carboxylic acids is 1. The maximum atomic E-state index is 12.3. The van der Waals surface area contributed by atoms with Crippen molar-refractivity contribution in [1.82, 2.24) is 4.98 Å². The highest BCUT2D eigenvalue weighted by Crippen LogP contribution is 2.33. The van der Waals surface area contributed by atoms with E-state index in [0.29, 0.717) is 10.2 Å². The summed E-state index contributed by atoms with van der Waals surface area (Å²) in [4.78, 5) is 38.7. The van der Waals surface area contributed by atoms with Gasteiger partial charge in [0.25, 0.3) is 0 Å². The van der Waals surface area contributed by atoms with Crippen molar-refractivity contribution in [2.24, 2.45) is 0 Å². The molecule has 1 aromatic heterocycles. The van der Waals surface area contributed by atoms with E-state index in [2.05, 4.69) is 25.7 Å². The van der Waals surface area contributed by atoms with Gasteiger partial charge in [-0.05, 0) is 41.3 Å². The number of aromatic nitrogens is 1. The fourth-order valence-electron chi connectivity index (χ4n) is 1.84. The van der Waals surface area contributed by atoms with Crippen LogP contribution < -0.4 is 4.74 Å². The van der Waals surface area contributed by atoms with Crippen LogP contribution in [0.4, 0.5) is 0 Å². The predicted octanol–water partition coefficient (Wildman–Crippen LogP) is 2.14. The third-order valence-corrected chi connectivity index (χ3v) is 3.82. The van der Waals surface area contributed by atoms with Crippen molar-refractivity contribution in [2.45, 2.75) is 32.8 Å². The molecule has 0 aliphatic heterocycles. The topological polar surface area (TPSA) is 103 Å². The first-order valence-corrected chi connectivity index (χ1v) is 7.37. The summed E-state index contributed by atoms with van der Waals surface area (Å²) in [5.41, 5.74) is -0.00581. The van der Waals surface area contributed by atoms with Crippen LogP contribution in [0.15, 0.2) is 4.60 Å². The lowest BCUT2D eigenvalue weighted by molar-refractivity contribution is -0.139. The molecule has 0 radical (unpaired) electrons. The van der Waals surface area contributed by atoms with Gasteiger partial charge in [-0.3, -0.25) is 9.59 Å². The summed E-state index contributed by atoms with van der Waals surface area (Å²) in [6.45, 7) is 2.20. The monoisotopic (exact) mass is 371 g/mol. The Morgan fingerprint density at radius 3 is 2.45 bits per heavy atom. The molecule has 2 rings (SSSR count). The van der Waals surface area contributed by atoms with Crippen LogP contribution in [0.1, 0.15) is 46.0 Å². The zero-order valence-electron chi connectivity index (χ0n) is 12.0. The summed E-state index contributed by atoms with van der Waals surface area (Å²) in [7, 11) is 0. The van der Waals surface area contributed by atoms with E-state index < -0.39 is 24.3 Å². The lowest BCUT2D eigenvalue weighted by Gasteiger charge is -2.14. The van der Waals surface area contributed by atoms with E-state index in [9.17, 15) is 19.5 Å². The van der Waals surface area contributed by atoms with Crippen molar-refractivity contribution in [3.05, 3.63) is 21.3 Å². The first-order chi connectivity index (χ1) is 10.3. The number of ketones is 1. The fourth-order valence-corrected chi connectivity index (χ4v) is 2.20. The quantitative estimate of drug-likeness (QED) is 0.464. The lowest BCUT2D eigenvalue weighted by Crippen LogP contribution is -2.20. The summed E-state index contributed by atoms with van der Waals surface area (Å²) in [5, 5.41) is 9.43. The Morgan fingerprint density at radius 2 is 1.95 bits per heavy atom. The van der Waals surface area contributed by atoms with Crippen LogP contribution in [0.5, 0.6) is 5.88 Å². The van der Waals surface area contributed by atoms with Crippen LogP contribution in [0.25, 0.3) is 0 Å². The molecule has 1 aliphatic carbocycles. The number of rotatable bonds is 6. The molecule has 0 amide bonds. The van der Waals surface area contributed by atoms with Crippen molar-refractivity contribution in [3.63, 3.8) is 0 Å². The number of halogens is 1. The fraction of sp³-hybridized carbons (Fsp3) is 0.429. The Bertz CT molecular complexity index is 653. The molecule has 1 N–H and O–H groups in total. The Kier molecular flexibility index (Phi) is 4.80. The van der Waals surface area contributed by atoms with E-state index in [0.717, 1.165) is 12.8 Å². The number of pyridine rings is 1. The van der Waals surface area contributed by atoms with Gasteiger partial charge < -0.3 is 14.6 Å². The van der Waals surface area contributed by atoms with Gasteiger partial charge in [-0.1, -0.05) is 0 Å². The summed E-state index contributed by atoms with van der Waals surface area (Å²) >= 11 is 3.19. The summed E-state index contributed by atoms with van der Waals surface area (Å²) in [6.07, 6.45) is 1.57. The van der Waals surface area contributed by atoms with E-state index in [4.69, 9.17) is 4.74 Å². The molecule has 8 heteroatoms. The maximum Gasteiger partial charge on any atom is 0.341 e. The number of nitrogens with zero attached hydrogens (tertiary/aromatic N) is 1. The highest BCUT2D eigenvalue weighted by Gasteiger charge is 2.31. The molecular formula is C14H14BrNO6. The second-order valence-electron chi connectivity index (χ2n) is 4.91. The smallest absolute Gasteiger partial charge is 0.341 e. The Hall–Kier alpha value is -1.96. The molecule has 1 saturated carbocycles. The number of esters is 1.